The molecule has 1 N–H and O–H groups in total. The molecular weight excluding hydrogens is 433 g/mol. The Kier molecular flexibility index (Phi) is 9.53. The van der Waals surface area contributed by atoms with Crippen LogP contribution in [0.2, 0.25) is 5.02 Å². The van der Waals surface area contributed by atoms with Gasteiger partial charge in [-0.25, -0.2) is 4.68 Å². The summed E-state index contributed by atoms with van der Waals surface area (Å²) in [5.41, 5.74) is 2.08. The van der Waals surface area contributed by atoms with Crippen molar-refractivity contribution in [3.05, 3.63) is 58.6 Å². The van der Waals surface area contributed by atoms with Gasteiger partial charge >= 0.3 is 0 Å². The Morgan fingerprint density at radius 1 is 1.17 bits per heavy atom. The number of rotatable bonds is 10. The highest BCUT2D eigenvalue weighted by atomic mass is 35.5. The first-order valence-corrected chi connectivity index (χ1v) is 10.1. The molecule has 0 aliphatic heterocycles. The molecule has 156 valence electrons. The summed E-state index contributed by atoms with van der Waals surface area (Å²) in [6.07, 6.45) is 0. The molecule has 2 aromatic carbocycles. The number of halogens is 2. The minimum atomic E-state index is 0. The van der Waals surface area contributed by atoms with E-state index in [1.165, 1.54) is 0 Å². The van der Waals surface area contributed by atoms with Crippen molar-refractivity contribution < 1.29 is 9.47 Å². The molecule has 0 aliphatic carbocycles. The van der Waals surface area contributed by atoms with Crippen molar-refractivity contribution in [2.45, 2.75) is 18.3 Å². The van der Waals surface area contributed by atoms with Crippen LogP contribution in [0.4, 0.5) is 0 Å². The fourth-order valence-electron chi connectivity index (χ4n) is 2.54. The Balaban J connectivity index is 0.00000300. The van der Waals surface area contributed by atoms with E-state index in [1.54, 1.807) is 23.6 Å². The van der Waals surface area contributed by atoms with Crippen molar-refractivity contribution in [1.82, 2.24) is 25.5 Å². The van der Waals surface area contributed by atoms with Crippen molar-refractivity contribution in [3.63, 3.8) is 0 Å². The lowest BCUT2D eigenvalue weighted by atomic mass is 10.1. The zero-order valence-electron chi connectivity index (χ0n) is 16.2. The molecule has 29 heavy (non-hydrogen) atoms. The van der Waals surface area contributed by atoms with E-state index in [4.69, 9.17) is 21.1 Å². The predicted octanol–water partition coefficient (Wildman–Crippen LogP) is 3.75. The van der Waals surface area contributed by atoms with Crippen molar-refractivity contribution >= 4 is 35.8 Å². The normalized spacial score (nSPS) is 10.4. The van der Waals surface area contributed by atoms with E-state index in [2.05, 4.69) is 20.8 Å². The largest absolute Gasteiger partial charge is 0.493 e. The van der Waals surface area contributed by atoms with Crippen LogP contribution in [-0.4, -0.2) is 39.6 Å². The van der Waals surface area contributed by atoms with Gasteiger partial charge < -0.3 is 14.8 Å². The fraction of sp³-hybridized carbons (Fsp3) is 0.316. The number of benzene rings is 2. The molecule has 0 radical (unpaired) electrons. The first-order valence-electron chi connectivity index (χ1n) is 8.76. The third-order valence-corrected chi connectivity index (χ3v) is 5.25. The maximum atomic E-state index is 6.07. The van der Waals surface area contributed by atoms with Crippen LogP contribution in [0.5, 0.6) is 11.5 Å². The molecular formula is C19H23Cl2N5O2S. The van der Waals surface area contributed by atoms with E-state index in [1.807, 2.05) is 49.5 Å². The number of para-hydroxylation sites is 1. The SMILES string of the molecule is COc1cccc(CNCCSc2nnnn2C)c1OCc1ccc(Cl)cc1.Cl. The van der Waals surface area contributed by atoms with Crippen molar-refractivity contribution in [1.29, 1.82) is 0 Å². The molecule has 7 nitrogen and oxygen atoms in total. The zero-order chi connectivity index (χ0) is 19.8. The number of aryl methyl sites for hydroxylation is 1. The highest BCUT2D eigenvalue weighted by Gasteiger charge is 2.11. The van der Waals surface area contributed by atoms with E-state index in [9.17, 15) is 0 Å². The van der Waals surface area contributed by atoms with Gasteiger partial charge in [0.15, 0.2) is 11.5 Å². The topological polar surface area (TPSA) is 74.1 Å². The maximum absolute atomic E-state index is 6.07. The predicted molar refractivity (Wildman–Crippen MR) is 117 cm³/mol. The van der Waals surface area contributed by atoms with Gasteiger partial charge in [0.25, 0.3) is 0 Å². The molecule has 0 bridgehead atoms. The molecule has 1 aromatic heterocycles. The molecule has 0 amide bonds. The lowest BCUT2D eigenvalue weighted by molar-refractivity contribution is 0.280. The smallest absolute Gasteiger partial charge is 0.209 e. The highest BCUT2D eigenvalue weighted by molar-refractivity contribution is 7.99. The van der Waals surface area contributed by atoms with Crippen LogP contribution in [0, 0.1) is 0 Å². The minimum absolute atomic E-state index is 0. The Morgan fingerprint density at radius 3 is 2.66 bits per heavy atom. The molecule has 3 rings (SSSR count). The first kappa shape index (κ1) is 23.3. The van der Waals surface area contributed by atoms with Gasteiger partial charge in [0.2, 0.25) is 5.16 Å². The molecule has 3 aromatic rings. The van der Waals surface area contributed by atoms with Gasteiger partial charge in [-0.2, -0.15) is 0 Å². The molecule has 1 heterocycles. The number of thioether (sulfide) groups is 1. The molecule has 0 spiro atoms. The standard InChI is InChI=1S/C19H22ClN5O2S.ClH/c1-25-19(22-23-24-25)28-11-10-21-12-15-4-3-5-17(26-2)18(15)27-13-14-6-8-16(20)9-7-14;/h3-9,21H,10-13H2,1-2H3;1H. The van der Waals surface area contributed by atoms with Crippen LogP contribution >= 0.6 is 35.8 Å². The Morgan fingerprint density at radius 2 is 1.97 bits per heavy atom. The third-order valence-electron chi connectivity index (χ3n) is 3.98. The summed E-state index contributed by atoms with van der Waals surface area (Å²) in [6.45, 7) is 1.93. The summed E-state index contributed by atoms with van der Waals surface area (Å²) in [5.74, 6) is 2.32. The number of nitrogens with zero attached hydrogens (tertiary/aromatic N) is 4. The molecule has 0 aliphatic rings. The van der Waals surface area contributed by atoms with E-state index in [0.29, 0.717) is 23.9 Å². The second kappa shape index (κ2) is 11.9. The van der Waals surface area contributed by atoms with Gasteiger partial charge in [0.1, 0.15) is 6.61 Å². The number of hydrogen-bond donors (Lipinski definition) is 1. The molecule has 0 atom stereocenters. The maximum Gasteiger partial charge on any atom is 0.209 e. The van der Waals surface area contributed by atoms with E-state index >= 15 is 0 Å². The van der Waals surface area contributed by atoms with Crippen LogP contribution in [0.15, 0.2) is 47.6 Å². The zero-order valence-corrected chi connectivity index (χ0v) is 18.6. The van der Waals surface area contributed by atoms with E-state index in [0.717, 1.165) is 34.3 Å². The van der Waals surface area contributed by atoms with Crippen LogP contribution in [0.3, 0.4) is 0 Å². The molecule has 0 unspecified atom stereocenters. The summed E-state index contributed by atoms with van der Waals surface area (Å²) in [4.78, 5) is 0. The summed E-state index contributed by atoms with van der Waals surface area (Å²) in [6, 6.07) is 13.5. The van der Waals surface area contributed by atoms with Crippen LogP contribution in [-0.2, 0) is 20.2 Å². The lowest BCUT2D eigenvalue weighted by Crippen LogP contribution is -2.17. The third kappa shape index (κ3) is 6.78. The molecule has 0 saturated carbocycles. The minimum Gasteiger partial charge on any atom is -0.493 e. The number of aromatic nitrogens is 4. The monoisotopic (exact) mass is 455 g/mol. The van der Waals surface area contributed by atoms with Crippen molar-refractivity contribution in [2.75, 3.05) is 19.4 Å². The number of methoxy groups -OCH3 is 1. The average molecular weight is 456 g/mol. The summed E-state index contributed by atoms with van der Waals surface area (Å²) in [5, 5.41) is 16.4. The van der Waals surface area contributed by atoms with Crippen LogP contribution in [0.1, 0.15) is 11.1 Å². The number of tetrazole rings is 1. The van der Waals surface area contributed by atoms with Crippen LogP contribution < -0.4 is 14.8 Å². The second-order valence-electron chi connectivity index (χ2n) is 5.97. The number of hydrogen-bond acceptors (Lipinski definition) is 7. The highest BCUT2D eigenvalue weighted by Crippen LogP contribution is 2.32. The quantitative estimate of drug-likeness (QED) is 0.368. The molecule has 0 saturated heterocycles. The Hall–Kier alpha value is -2.00. The van der Waals surface area contributed by atoms with Gasteiger partial charge in [0, 0.05) is 36.5 Å². The second-order valence-corrected chi connectivity index (χ2v) is 7.47. The van der Waals surface area contributed by atoms with Crippen molar-refractivity contribution in [2.24, 2.45) is 7.05 Å². The lowest BCUT2D eigenvalue weighted by Gasteiger charge is -2.15. The van der Waals surface area contributed by atoms with E-state index in [-0.39, 0.29) is 12.4 Å². The summed E-state index contributed by atoms with van der Waals surface area (Å²) in [7, 11) is 3.48. The van der Waals surface area contributed by atoms with Crippen LogP contribution in [0.25, 0.3) is 0 Å². The van der Waals surface area contributed by atoms with Gasteiger partial charge in [-0.1, -0.05) is 47.6 Å². The average Bonchev–Trinajstić information content (AvgIpc) is 3.12. The van der Waals surface area contributed by atoms with Crippen molar-refractivity contribution in [3.8, 4) is 11.5 Å². The van der Waals surface area contributed by atoms with Gasteiger partial charge in [-0.3, -0.25) is 0 Å². The Labute approximate surface area is 185 Å². The summed E-state index contributed by atoms with van der Waals surface area (Å²) >= 11 is 7.55. The molecule has 10 heteroatoms. The fourth-order valence-corrected chi connectivity index (χ4v) is 3.41. The Bertz CT molecular complexity index is 893. The van der Waals surface area contributed by atoms with E-state index < -0.39 is 0 Å². The first-order chi connectivity index (χ1) is 13.7. The van der Waals surface area contributed by atoms with Gasteiger partial charge in [-0.15, -0.1) is 17.5 Å². The summed E-state index contributed by atoms with van der Waals surface area (Å²) < 4.78 is 13.2. The number of nitrogens with one attached hydrogen (secondary N) is 1. The molecule has 0 fully saturated rings. The number of ether oxygens (including phenoxy) is 2. The van der Waals surface area contributed by atoms with Gasteiger partial charge in [-0.05, 0) is 34.2 Å². The van der Waals surface area contributed by atoms with Gasteiger partial charge in [0.05, 0.1) is 7.11 Å².